The molecule has 114 valence electrons. The maximum Gasteiger partial charge on any atom is 0.343 e. The van der Waals surface area contributed by atoms with Gasteiger partial charge in [-0.2, -0.15) is 0 Å². The lowest BCUT2D eigenvalue weighted by molar-refractivity contribution is 0.602. The molecule has 2 N–H and O–H groups in total. The molecular formula is C15H22N4OS. The number of nitrogens with one attached hydrogen (secondary N) is 2. The molecule has 0 spiro atoms. The molecule has 1 heterocycles. The van der Waals surface area contributed by atoms with E-state index in [1.54, 1.807) is 16.3 Å². The summed E-state index contributed by atoms with van der Waals surface area (Å²) in [6.45, 7) is 7.67. The zero-order chi connectivity index (χ0) is 15.2. The number of aryl methyl sites for hydroxylation is 1. The Morgan fingerprint density at radius 3 is 2.67 bits per heavy atom. The number of thioether (sulfide) groups is 1. The van der Waals surface area contributed by atoms with Crippen LogP contribution in [-0.2, 0) is 6.54 Å². The molecule has 1 unspecified atom stereocenters. The Kier molecular flexibility index (Phi) is 5.64. The van der Waals surface area contributed by atoms with Crippen molar-refractivity contribution in [1.29, 1.82) is 0 Å². The van der Waals surface area contributed by atoms with Gasteiger partial charge in [-0.1, -0.05) is 48.5 Å². The van der Waals surface area contributed by atoms with Crippen molar-refractivity contribution in [2.75, 3.05) is 12.3 Å². The van der Waals surface area contributed by atoms with E-state index in [2.05, 4.69) is 53.6 Å². The third kappa shape index (κ3) is 3.98. The van der Waals surface area contributed by atoms with Crippen LogP contribution in [0.2, 0.25) is 0 Å². The van der Waals surface area contributed by atoms with Gasteiger partial charge in [-0.25, -0.2) is 9.89 Å². The second-order valence-electron chi connectivity index (χ2n) is 4.89. The van der Waals surface area contributed by atoms with Crippen LogP contribution in [0.25, 0.3) is 0 Å². The molecule has 2 rings (SSSR count). The van der Waals surface area contributed by atoms with Gasteiger partial charge in [0.15, 0.2) is 5.16 Å². The molecule has 0 saturated carbocycles. The molecule has 2 aromatic rings. The first-order valence-corrected chi connectivity index (χ1v) is 8.22. The molecule has 21 heavy (non-hydrogen) atoms. The van der Waals surface area contributed by atoms with E-state index < -0.39 is 0 Å². The number of benzene rings is 1. The summed E-state index contributed by atoms with van der Waals surface area (Å²) in [5.41, 5.74) is 2.37. The monoisotopic (exact) mass is 306 g/mol. The highest BCUT2D eigenvalue weighted by atomic mass is 32.2. The molecule has 0 fully saturated rings. The van der Waals surface area contributed by atoms with Crippen LogP contribution in [0.3, 0.4) is 0 Å². The van der Waals surface area contributed by atoms with Gasteiger partial charge in [0.1, 0.15) is 0 Å². The van der Waals surface area contributed by atoms with Gasteiger partial charge in [0.25, 0.3) is 0 Å². The van der Waals surface area contributed by atoms with E-state index >= 15 is 0 Å². The molecule has 6 heteroatoms. The molecule has 5 nitrogen and oxygen atoms in total. The summed E-state index contributed by atoms with van der Waals surface area (Å²) < 4.78 is 1.66. The Morgan fingerprint density at radius 1 is 1.33 bits per heavy atom. The SMILES string of the molecule is CCNC(CSc1n[nH]c(=O)n1CC)c1ccc(C)cc1. The van der Waals surface area contributed by atoms with E-state index in [9.17, 15) is 4.79 Å². The second kappa shape index (κ2) is 7.47. The third-order valence-corrected chi connectivity index (χ3v) is 4.42. The molecule has 0 aliphatic heterocycles. The van der Waals surface area contributed by atoms with Gasteiger partial charge in [-0.15, -0.1) is 5.10 Å². The maximum atomic E-state index is 11.6. The van der Waals surface area contributed by atoms with Crippen LogP contribution in [0.5, 0.6) is 0 Å². The van der Waals surface area contributed by atoms with Gasteiger partial charge < -0.3 is 5.32 Å². The quantitative estimate of drug-likeness (QED) is 0.771. The minimum absolute atomic E-state index is 0.143. The van der Waals surface area contributed by atoms with Gasteiger partial charge in [0.2, 0.25) is 0 Å². The van der Waals surface area contributed by atoms with Gasteiger partial charge in [0.05, 0.1) is 0 Å². The highest BCUT2D eigenvalue weighted by Crippen LogP contribution is 2.23. The van der Waals surface area contributed by atoms with E-state index in [1.165, 1.54) is 11.1 Å². The molecule has 0 saturated heterocycles. The molecule has 1 aromatic carbocycles. The smallest absolute Gasteiger partial charge is 0.309 e. The highest BCUT2D eigenvalue weighted by Gasteiger charge is 2.14. The summed E-state index contributed by atoms with van der Waals surface area (Å²) in [6.07, 6.45) is 0. The summed E-state index contributed by atoms with van der Waals surface area (Å²) in [6, 6.07) is 8.81. The van der Waals surface area contributed by atoms with Crippen molar-refractivity contribution in [1.82, 2.24) is 20.1 Å². The first-order valence-electron chi connectivity index (χ1n) is 7.23. The van der Waals surface area contributed by atoms with E-state index in [4.69, 9.17) is 0 Å². The van der Waals surface area contributed by atoms with Crippen LogP contribution in [0.15, 0.2) is 34.2 Å². The predicted molar refractivity (Wildman–Crippen MR) is 86.8 cm³/mol. The number of nitrogens with zero attached hydrogens (tertiary/aromatic N) is 2. The second-order valence-corrected chi connectivity index (χ2v) is 5.87. The summed E-state index contributed by atoms with van der Waals surface area (Å²) in [4.78, 5) is 11.6. The van der Waals surface area contributed by atoms with Crippen molar-refractivity contribution in [3.8, 4) is 0 Å². The van der Waals surface area contributed by atoms with Crippen molar-refractivity contribution >= 4 is 11.8 Å². The molecule has 0 aliphatic carbocycles. The fourth-order valence-corrected chi connectivity index (χ4v) is 3.27. The Morgan fingerprint density at radius 2 is 2.05 bits per heavy atom. The first-order chi connectivity index (χ1) is 10.2. The van der Waals surface area contributed by atoms with Gasteiger partial charge in [0, 0.05) is 18.3 Å². The number of aromatic nitrogens is 3. The van der Waals surface area contributed by atoms with Crippen LogP contribution in [0.1, 0.15) is 31.0 Å². The normalized spacial score (nSPS) is 12.5. The topological polar surface area (TPSA) is 62.7 Å². The zero-order valence-corrected chi connectivity index (χ0v) is 13.5. The lowest BCUT2D eigenvalue weighted by Crippen LogP contribution is -2.23. The third-order valence-electron chi connectivity index (χ3n) is 3.35. The Hall–Kier alpha value is -1.53. The number of hydrogen-bond acceptors (Lipinski definition) is 4. The lowest BCUT2D eigenvalue weighted by atomic mass is 10.1. The van der Waals surface area contributed by atoms with Crippen molar-refractivity contribution < 1.29 is 0 Å². The Bertz CT molecular complexity index is 617. The lowest BCUT2D eigenvalue weighted by Gasteiger charge is -2.18. The fourth-order valence-electron chi connectivity index (χ4n) is 2.17. The molecule has 0 bridgehead atoms. The van der Waals surface area contributed by atoms with Crippen molar-refractivity contribution in [2.45, 2.75) is 38.5 Å². The van der Waals surface area contributed by atoms with Crippen LogP contribution in [0.4, 0.5) is 0 Å². The average Bonchev–Trinajstić information content (AvgIpc) is 2.84. The zero-order valence-electron chi connectivity index (χ0n) is 12.7. The average molecular weight is 306 g/mol. The summed E-state index contributed by atoms with van der Waals surface area (Å²) in [7, 11) is 0. The van der Waals surface area contributed by atoms with Gasteiger partial charge in [-0.3, -0.25) is 4.57 Å². The van der Waals surface area contributed by atoms with Crippen molar-refractivity contribution in [2.24, 2.45) is 0 Å². The van der Waals surface area contributed by atoms with Crippen LogP contribution < -0.4 is 11.0 Å². The van der Waals surface area contributed by atoms with Crippen LogP contribution in [-0.4, -0.2) is 27.1 Å². The largest absolute Gasteiger partial charge is 0.343 e. The van der Waals surface area contributed by atoms with Gasteiger partial charge in [-0.05, 0) is 26.0 Å². The van der Waals surface area contributed by atoms with E-state index in [0.717, 1.165) is 17.5 Å². The first kappa shape index (κ1) is 15.9. The van der Waals surface area contributed by atoms with Crippen LogP contribution in [0, 0.1) is 6.92 Å². The van der Waals surface area contributed by atoms with Crippen molar-refractivity contribution in [3.63, 3.8) is 0 Å². The van der Waals surface area contributed by atoms with Crippen LogP contribution >= 0.6 is 11.8 Å². The fraction of sp³-hybridized carbons (Fsp3) is 0.467. The van der Waals surface area contributed by atoms with Crippen molar-refractivity contribution in [3.05, 3.63) is 45.9 Å². The van der Waals surface area contributed by atoms with Gasteiger partial charge >= 0.3 is 5.69 Å². The number of H-pyrrole nitrogens is 1. The maximum absolute atomic E-state index is 11.6. The molecule has 0 aliphatic rings. The highest BCUT2D eigenvalue weighted by molar-refractivity contribution is 7.99. The molecular weight excluding hydrogens is 284 g/mol. The predicted octanol–water partition coefficient (Wildman–Crippen LogP) is 2.34. The molecule has 1 atom stereocenters. The van der Waals surface area contributed by atoms with E-state index in [1.807, 2.05) is 6.92 Å². The Labute approximate surface area is 129 Å². The summed E-state index contributed by atoms with van der Waals surface area (Å²) >= 11 is 1.60. The molecule has 0 radical (unpaired) electrons. The summed E-state index contributed by atoms with van der Waals surface area (Å²) in [5.74, 6) is 0.835. The summed E-state index contributed by atoms with van der Waals surface area (Å²) in [5, 5.41) is 10.8. The number of hydrogen-bond donors (Lipinski definition) is 2. The standard InChI is InChI=1S/C15H22N4OS/c1-4-16-13(12-8-6-11(3)7-9-12)10-21-15-18-17-14(20)19(15)5-2/h6-9,13,16H,4-5,10H2,1-3H3,(H,17,20). The molecule has 0 amide bonds. The van der Waals surface area contributed by atoms with E-state index in [0.29, 0.717) is 6.54 Å². The number of rotatable bonds is 7. The van der Waals surface area contributed by atoms with E-state index in [-0.39, 0.29) is 11.7 Å². The minimum atomic E-state index is -0.143. The molecule has 1 aromatic heterocycles. The number of aromatic amines is 1. The Balaban J connectivity index is 2.09. The minimum Gasteiger partial charge on any atom is -0.309 e.